The number of ether oxygens (including phenoxy) is 1. The van der Waals surface area contributed by atoms with Gasteiger partial charge in [0.25, 0.3) is 5.91 Å². The number of amides is 2. The Hall–Kier alpha value is -2.55. The van der Waals surface area contributed by atoms with Crippen LogP contribution in [0.1, 0.15) is 10.4 Å². The molecule has 132 valence electrons. The van der Waals surface area contributed by atoms with Gasteiger partial charge in [-0.05, 0) is 42.5 Å². The fraction of sp³-hybridized carbons (Fsp3) is 0.125. The van der Waals surface area contributed by atoms with E-state index in [1.165, 1.54) is 12.1 Å². The summed E-state index contributed by atoms with van der Waals surface area (Å²) >= 11 is 0.733. The molecular formula is C16H11F4NO3S. The molecule has 0 aliphatic heterocycles. The molecule has 2 aromatic rings. The van der Waals surface area contributed by atoms with Gasteiger partial charge in [0.2, 0.25) is 5.91 Å². The van der Waals surface area contributed by atoms with Crippen LogP contribution in [-0.4, -0.2) is 24.2 Å². The van der Waals surface area contributed by atoms with E-state index in [1.54, 1.807) is 0 Å². The monoisotopic (exact) mass is 373 g/mol. The van der Waals surface area contributed by atoms with Gasteiger partial charge in [0.15, 0.2) is 0 Å². The molecule has 0 unspecified atom stereocenters. The molecule has 0 saturated carbocycles. The average molecular weight is 373 g/mol. The maximum Gasteiger partial charge on any atom is 0.387 e. The minimum absolute atomic E-state index is 0.0527. The molecule has 0 bridgehead atoms. The van der Waals surface area contributed by atoms with Gasteiger partial charge < -0.3 is 4.74 Å². The summed E-state index contributed by atoms with van der Waals surface area (Å²) in [5.41, 5.74) is 0.0527. The number of hydrogen-bond donors (Lipinski definition) is 1. The van der Waals surface area contributed by atoms with Crippen LogP contribution in [0.25, 0.3) is 0 Å². The average Bonchev–Trinajstić information content (AvgIpc) is 2.55. The normalized spacial score (nSPS) is 10.6. The molecular weight excluding hydrogens is 362 g/mol. The number of benzene rings is 2. The molecule has 25 heavy (non-hydrogen) atoms. The Balaban J connectivity index is 1.89. The number of imide groups is 1. The number of alkyl halides is 2. The van der Waals surface area contributed by atoms with Gasteiger partial charge in [-0.15, -0.1) is 11.8 Å². The molecule has 2 aromatic carbocycles. The lowest BCUT2D eigenvalue weighted by atomic mass is 10.2. The number of halogens is 4. The lowest BCUT2D eigenvalue weighted by Crippen LogP contribution is -2.31. The fourth-order valence-electron chi connectivity index (χ4n) is 1.75. The van der Waals surface area contributed by atoms with E-state index in [4.69, 9.17) is 0 Å². The van der Waals surface area contributed by atoms with Crippen LogP contribution in [-0.2, 0) is 4.79 Å². The first-order valence-corrected chi connectivity index (χ1v) is 7.80. The second kappa shape index (κ2) is 8.52. The first-order chi connectivity index (χ1) is 11.8. The number of carbonyl (C=O) groups excluding carboxylic acids is 2. The van der Waals surface area contributed by atoms with Gasteiger partial charge in [-0.2, -0.15) is 8.78 Å². The van der Waals surface area contributed by atoms with Crippen molar-refractivity contribution in [3.8, 4) is 5.75 Å². The zero-order valence-electron chi connectivity index (χ0n) is 12.5. The highest BCUT2D eigenvalue weighted by Crippen LogP contribution is 2.22. The second-order valence-corrected chi connectivity index (χ2v) is 5.66. The van der Waals surface area contributed by atoms with Crippen molar-refractivity contribution in [3.63, 3.8) is 0 Å². The third-order valence-electron chi connectivity index (χ3n) is 2.85. The molecule has 0 aromatic heterocycles. The van der Waals surface area contributed by atoms with E-state index < -0.39 is 30.1 Å². The Kier molecular flexibility index (Phi) is 6.40. The minimum Gasteiger partial charge on any atom is -0.435 e. The SMILES string of the molecule is O=C(CSc1cc(F)ccc1F)NC(=O)c1ccc(OC(F)F)cc1. The molecule has 0 spiro atoms. The van der Waals surface area contributed by atoms with Crippen molar-refractivity contribution >= 4 is 23.6 Å². The number of rotatable bonds is 6. The topological polar surface area (TPSA) is 55.4 Å². The van der Waals surface area contributed by atoms with Crippen molar-refractivity contribution in [2.45, 2.75) is 11.5 Å². The fourth-order valence-corrected chi connectivity index (χ4v) is 2.51. The molecule has 0 radical (unpaired) electrons. The molecule has 9 heteroatoms. The van der Waals surface area contributed by atoms with Crippen molar-refractivity contribution in [1.82, 2.24) is 5.32 Å². The van der Waals surface area contributed by atoms with Crippen LogP contribution >= 0.6 is 11.8 Å². The van der Waals surface area contributed by atoms with Crippen molar-refractivity contribution < 1.29 is 31.9 Å². The number of nitrogens with one attached hydrogen (secondary N) is 1. The van der Waals surface area contributed by atoms with E-state index >= 15 is 0 Å². The third kappa shape index (κ3) is 5.79. The maximum atomic E-state index is 13.4. The minimum atomic E-state index is -2.98. The summed E-state index contributed by atoms with van der Waals surface area (Å²) in [4.78, 5) is 23.5. The lowest BCUT2D eigenvalue weighted by molar-refractivity contribution is -0.117. The number of carbonyl (C=O) groups is 2. The summed E-state index contributed by atoms with van der Waals surface area (Å²) in [7, 11) is 0. The van der Waals surface area contributed by atoms with Crippen LogP contribution < -0.4 is 10.1 Å². The smallest absolute Gasteiger partial charge is 0.387 e. The van der Waals surface area contributed by atoms with Crippen molar-refractivity contribution in [2.75, 3.05) is 5.75 Å². The highest BCUT2D eigenvalue weighted by Gasteiger charge is 2.13. The molecule has 0 aliphatic rings. The van der Waals surface area contributed by atoms with E-state index in [1.807, 2.05) is 0 Å². The van der Waals surface area contributed by atoms with Crippen molar-refractivity contribution in [2.24, 2.45) is 0 Å². The van der Waals surface area contributed by atoms with E-state index in [0.29, 0.717) is 0 Å². The predicted molar refractivity (Wildman–Crippen MR) is 82.6 cm³/mol. The van der Waals surface area contributed by atoms with Crippen LogP contribution in [0.15, 0.2) is 47.4 Å². The second-order valence-electron chi connectivity index (χ2n) is 4.64. The summed E-state index contributed by atoms with van der Waals surface area (Å²) in [6.07, 6.45) is 0. The van der Waals surface area contributed by atoms with Crippen LogP contribution in [0, 0.1) is 11.6 Å². The van der Waals surface area contributed by atoms with Crippen LogP contribution in [0.2, 0.25) is 0 Å². The van der Waals surface area contributed by atoms with E-state index in [9.17, 15) is 27.2 Å². The van der Waals surface area contributed by atoms with Crippen molar-refractivity contribution in [1.29, 1.82) is 0 Å². The van der Waals surface area contributed by atoms with Gasteiger partial charge in [-0.1, -0.05) is 0 Å². The largest absolute Gasteiger partial charge is 0.435 e. The van der Waals surface area contributed by atoms with Gasteiger partial charge in [0, 0.05) is 10.5 Å². The highest BCUT2D eigenvalue weighted by atomic mass is 32.2. The summed E-state index contributed by atoms with van der Waals surface area (Å²) < 4.78 is 54.6. The van der Waals surface area contributed by atoms with Crippen molar-refractivity contribution in [3.05, 3.63) is 59.7 Å². The van der Waals surface area contributed by atoms with E-state index in [0.717, 1.165) is 42.1 Å². The Morgan fingerprint density at radius 3 is 2.40 bits per heavy atom. The summed E-state index contributed by atoms with van der Waals surface area (Å²) in [5.74, 6) is -3.24. The first-order valence-electron chi connectivity index (χ1n) is 6.82. The Bertz CT molecular complexity index is 768. The zero-order chi connectivity index (χ0) is 18.4. The van der Waals surface area contributed by atoms with Gasteiger partial charge >= 0.3 is 6.61 Å². The molecule has 2 rings (SSSR count). The summed E-state index contributed by atoms with van der Waals surface area (Å²) in [5, 5.41) is 2.06. The Morgan fingerprint density at radius 2 is 1.76 bits per heavy atom. The third-order valence-corrected chi connectivity index (χ3v) is 3.88. The van der Waals surface area contributed by atoms with Crippen LogP contribution in [0.5, 0.6) is 5.75 Å². The molecule has 2 amide bonds. The summed E-state index contributed by atoms with van der Waals surface area (Å²) in [6, 6.07) is 7.55. The molecule has 0 fully saturated rings. The van der Waals surface area contributed by atoms with Gasteiger partial charge in [-0.25, -0.2) is 8.78 Å². The Morgan fingerprint density at radius 1 is 1.08 bits per heavy atom. The summed E-state index contributed by atoms with van der Waals surface area (Å²) in [6.45, 7) is -2.98. The molecule has 0 atom stereocenters. The van der Waals surface area contributed by atoms with Gasteiger partial charge in [0.05, 0.1) is 5.75 Å². The highest BCUT2D eigenvalue weighted by molar-refractivity contribution is 8.00. The lowest BCUT2D eigenvalue weighted by Gasteiger charge is -2.07. The quantitative estimate of drug-likeness (QED) is 0.621. The molecule has 0 heterocycles. The Labute approximate surface area is 144 Å². The standard InChI is InChI=1S/C16H11F4NO3S/c17-10-3-6-12(18)13(7-10)25-8-14(22)21-15(23)9-1-4-11(5-2-9)24-16(19)20/h1-7,16H,8H2,(H,21,22,23). The first kappa shape index (κ1) is 18.8. The van der Waals surface area contributed by atoms with E-state index in [2.05, 4.69) is 10.1 Å². The zero-order valence-corrected chi connectivity index (χ0v) is 13.3. The molecule has 0 aliphatic carbocycles. The number of hydrogen-bond acceptors (Lipinski definition) is 4. The maximum absolute atomic E-state index is 13.4. The van der Waals surface area contributed by atoms with Gasteiger partial charge in [-0.3, -0.25) is 14.9 Å². The predicted octanol–water partition coefficient (Wildman–Crippen LogP) is 3.61. The van der Waals surface area contributed by atoms with Crippen LogP contribution in [0.4, 0.5) is 17.6 Å². The molecule has 4 nitrogen and oxygen atoms in total. The van der Waals surface area contributed by atoms with E-state index in [-0.39, 0.29) is 22.0 Å². The van der Waals surface area contributed by atoms with Gasteiger partial charge in [0.1, 0.15) is 17.4 Å². The van der Waals surface area contributed by atoms with Crippen LogP contribution in [0.3, 0.4) is 0 Å². The molecule has 1 N–H and O–H groups in total. The number of thioether (sulfide) groups is 1. The molecule has 0 saturated heterocycles.